The number of anilines is 1. The molecule has 0 saturated heterocycles. The second kappa shape index (κ2) is 5.31. The summed E-state index contributed by atoms with van der Waals surface area (Å²) in [5.41, 5.74) is 1.08. The van der Waals surface area contributed by atoms with Crippen LogP contribution in [-0.2, 0) is 10.2 Å². The molecule has 5 nitrogen and oxygen atoms in total. The van der Waals surface area contributed by atoms with Crippen LogP contribution in [0.4, 0.5) is 5.13 Å². The fourth-order valence-electron chi connectivity index (χ4n) is 2.59. The largest absolute Gasteiger partial charge is 0.356 e. The zero-order valence-electron chi connectivity index (χ0n) is 12.6. The zero-order chi connectivity index (χ0) is 15.9. The molecule has 0 bridgehead atoms. The van der Waals surface area contributed by atoms with Crippen LogP contribution in [0.5, 0.6) is 0 Å². The fraction of sp³-hybridized carbons (Fsp3) is 0.235. The topological polar surface area (TPSA) is 68.0 Å². The summed E-state index contributed by atoms with van der Waals surface area (Å²) in [5, 5.41) is 7.67. The van der Waals surface area contributed by atoms with Gasteiger partial charge in [-0.3, -0.25) is 4.79 Å². The summed E-state index contributed by atoms with van der Waals surface area (Å²) in [6.45, 7) is 1.96. The maximum atomic E-state index is 12.6. The van der Waals surface area contributed by atoms with Crippen molar-refractivity contribution in [3.05, 3.63) is 53.2 Å². The van der Waals surface area contributed by atoms with E-state index in [0.717, 1.165) is 23.3 Å². The number of nitrogens with zero attached hydrogens (tertiary/aromatic N) is 2. The predicted octanol–water partition coefficient (Wildman–Crippen LogP) is 3.78. The number of nitrogens with one attached hydrogen (secondary N) is 1. The van der Waals surface area contributed by atoms with Gasteiger partial charge in [-0.2, -0.15) is 0 Å². The minimum absolute atomic E-state index is 0.0558. The van der Waals surface area contributed by atoms with Crippen molar-refractivity contribution in [3.63, 3.8) is 0 Å². The Kier molecular flexibility index (Phi) is 3.27. The van der Waals surface area contributed by atoms with Crippen molar-refractivity contribution >= 4 is 22.4 Å². The predicted molar refractivity (Wildman–Crippen MR) is 88.3 cm³/mol. The molecule has 1 fully saturated rings. The van der Waals surface area contributed by atoms with Gasteiger partial charge in [-0.15, -0.1) is 11.3 Å². The summed E-state index contributed by atoms with van der Waals surface area (Å²) in [7, 11) is 0. The summed E-state index contributed by atoms with van der Waals surface area (Å²) in [6, 6.07) is 11.6. The molecule has 1 aliphatic carbocycles. The van der Waals surface area contributed by atoms with Gasteiger partial charge in [0.2, 0.25) is 5.91 Å². The molecule has 23 heavy (non-hydrogen) atoms. The Hall–Kier alpha value is -2.47. The van der Waals surface area contributed by atoms with Gasteiger partial charge in [0.25, 0.3) is 0 Å². The lowest BCUT2D eigenvalue weighted by molar-refractivity contribution is -0.118. The molecule has 2 heterocycles. The first-order chi connectivity index (χ1) is 11.2. The molecule has 0 aliphatic heterocycles. The molecule has 1 aromatic carbocycles. The molecule has 0 unspecified atom stereocenters. The Labute approximate surface area is 137 Å². The van der Waals surface area contributed by atoms with Gasteiger partial charge in [0.05, 0.1) is 11.1 Å². The third-order valence-corrected chi connectivity index (χ3v) is 4.91. The molecule has 3 aromatic rings. The minimum Gasteiger partial charge on any atom is -0.356 e. The van der Waals surface area contributed by atoms with Crippen LogP contribution in [0.15, 0.2) is 47.1 Å². The Morgan fingerprint density at radius 2 is 2.09 bits per heavy atom. The fourth-order valence-corrected chi connectivity index (χ4v) is 3.25. The highest BCUT2D eigenvalue weighted by molar-refractivity contribution is 7.15. The first-order valence-electron chi connectivity index (χ1n) is 7.44. The van der Waals surface area contributed by atoms with Crippen LogP contribution in [0.2, 0.25) is 0 Å². The van der Waals surface area contributed by atoms with E-state index in [0.29, 0.717) is 16.6 Å². The number of aryl methyl sites for hydroxylation is 1. The Morgan fingerprint density at radius 1 is 1.30 bits per heavy atom. The van der Waals surface area contributed by atoms with Crippen LogP contribution in [0.1, 0.15) is 23.4 Å². The number of thiazole rings is 1. The lowest BCUT2D eigenvalue weighted by atomic mass is 10.0. The van der Waals surface area contributed by atoms with Crippen molar-refractivity contribution in [1.82, 2.24) is 10.1 Å². The smallest absolute Gasteiger partial charge is 0.238 e. The second-order valence-corrected chi connectivity index (χ2v) is 6.99. The molecular formula is C17H15N3O2S. The number of carbonyl (C=O) groups is 1. The molecule has 1 saturated carbocycles. The van der Waals surface area contributed by atoms with Crippen molar-refractivity contribution < 1.29 is 9.32 Å². The van der Waals surface area contributed by atoms with E-state index >= 15 is 0 Å². The minimum atomic E-state index is -0.573. The van der Waals surface area contributed by atoms with Gasteiger partial charge in [-0.05, 0) is 19.8 Å². The number of hydrogen-bond donors (Lipinski definition) is 1. The molecule has 0 spiro atoms. The Balaban J connectivity index is 1.57. The van der Waals surface area contributed by atoms with E-state index in [4.69, 9.17) is 4.52 Å². The van der Waals surface area contributed by atoms with Crippen molar-refractivity contribution in [2.24, 2.45) is 0 Å². The summed E-state index contributed by atoms with van der Waals surface area (Å²) in [6.07, 6.45) is 3.32. The normalized spacial score (nSPS) is 15.3. The summed E-state index contributed by atoms with van der Waals surface area (Å²) >= 11 is 1.47. The molecule has 116 valence electrons. The Morgan fingerprint density at radius 3 is 2.74 bits per heavy atom. The van der Waals surface area contributed by atoms with E-state index in [1.165, 1.54) is 11.3 Å². The van der Waals surface area contributed by atoms with Gasteiger partial charge in [0.15, 0.2) is 10.9 Å². The molecule has 0 atom stereocenters. The number of rotatable bonds is 4. The molecule has 4 rings (SSSR count). The lowest BCUT2D eigenvalue weighted by Gasteiger charge is -2.10. The van der Waals surface area contributed by atoms with Crippen molar-refractivity contribution in [2.75, 3.05) is 5.32 Å². The van der Waals surface area contributed by atoms with Crippen LogP contribution in [0.25, 0.3) is 11.3 Å². The van der Waals surface area contributed by atoms with E-state index < -0.39 is 5.41 Å². The van der Waals surface area contributed by atoms with Crippen LogP contribution in [0.3, 0.4) is 0 Å². The van der Waals surface area contributed by atoms with Gasteiger partial charge in [0.1, 0.15) is 0 Å². The van der Waals surface area contributed by atoms with Gasteiger partial charge in [0, 0.05) is 22.7 Å². The van der Waals surface area contributed by atoms with Gasteiger partial charge in [-0.1, -0.05) is 35.5 Å². The molecule has 1 aliphatic rings. The maximum absolute atomic E-state index is 12.6. The SMILES string of the molecule is Cc1cnc(NC(=O)C2(c3cc(-c4ccccc4)on3)CC2)s1. The number of carbonyl (C=O) groups excluding carboxylic acids is 1. The number of hydrogen-bond acceptors (Lipinski definition) is 5. The second-order valence-electron chi connectivity index (χ2n) is 5.75. The first kappa shape index (κ1) is 14.1. The highest BCUT2D eigenvalue weighted by Crippen LogP contribution is 2.49. The van der Waals surface area contributed by atoms with Gasteiger partial charge < -0.3 is 9.84 Å². The van der Waals surface area contributed by atoms with E-state index in [1.807, 2.05) is 43.3 Å². The highest BCUT2D eigenvalue weighted by Gasteiger charge is 2.54. The van der Waals surface area contributed by atoms with Gasteiger partial charge in [-0.25, -0.2) is 4.98 Å². The van der Waals surface area contributed by atoms with Gasteiger partial charge >= 0.3 is 0 Å². The molecule has 0 radical (unpaired) electrons. The molecule has 1 amide bonds. The maximum Gasteiger partial charge on any atom is 0.238 e. The molecule has 6 heteroatoms. The van der Waals surface area contributed by atoms with Crippen LogP contribution < -0.4 is 5.32 Å². The first-order valence-corrected chi connectivity index (χ1v) is 8.25. The summed E-state index contributed by atoms with van der Waals surface area (Å²) < 4.78 is 5.44. The third-order valence-electron chi connectivity index (χ3n) is 4.09. The number of aromatic nitrogens is 2. The molecule has 2 aromatic heterocycles. The van der Waals surface area contributed by atoms with E-state index in [2.05, 4.69) is 15.5 Å². The molecular weight excluding hydrogens is 310 g/mol. The number of amides is 1. The van der Waals surface area contributed by atoms with E-state index in [9.17, 15) is 4.79 Å². The average Bonchev–Trinajstić information content (AvgIpc) is 3.04. The monoisotopic (exact) mass is 325 g/mol. The van der Waals surface area contributed by atoms with Crippen molar-refractivity contribution in [3.8, 4) is 11.3 Å². The lowest BCUT2D eigenvalue weighted by Crippen LogP contribution is -2.28. The van der Waals surface area contributed by atoms with Crippen molar-refractivity contribution in [1.29, 1.82) is 0 Å². The zero-order valence-corrected chi connectivity index (χ0v) is 13.4. The van der Waals surface area contributed by atoms with Crippen LogP contribution in [-0.4, -0.2) is 16.0 Å². The molecule has 1 N–H and O–H groups in total. The van der Waals surface area contributed by atoms with E-state index in [-0.39, 0.29) is 5.91 Å². The van der Waals surface area contributed by atoms with Crippen LogP contribution in [0, 0.1) is 6.92 Å². The average molecular weight is 325 g/mol. The standard InChI is InChI=1S/C17H15N3O2S/c1-11-10-18-16(23-11)19-15(21)17(7-8-17)14-9-13(22-20-14)12-5-3-2-4-6-12/h2-6,9-10H,7-8H2,1H3,(H,18,19,21). The van der Waals surface area contributed by atoms with E-state index in [1.54, 1.807) is 6.20 Å². The Bertz CT molecular complexity index is 850. The summed E-state index contributed by atoms with van der Waals surface area (Å²) in [4.78, 5) is 17.9. The third kappa shape index (κ3) is 2.55. The quantitative estimate of drug-likeness (QED) is 0.792. The highest BCUT2D eigenvalue weighted by atomic mass is 32.1. The van der Waals surface area contributed by atoms with Crippen molar-refractivity contribution in [2.45, 2.75) is 25.2 Å². The summed E-state index contributed by atoms with van der Waals surface area (Å²) in [5.74, 6) is 0.629. The number of benzene rings is 1. The van der Waals surface area contributed by atoms with Crippen LogP contribution >= 0.6 is 11.3 Å².